The highest BCUT2D eigenvalue weighted by molar-refractivity contribution is 9.10. The molecule has 1 heterocycles. The van der Waals surface area contributed by atoms with Crippen LogP contribution >= 0.6 is 27.3 Å². The second-order valence-electron chi connectivity index (χ2n) is 3.49. The summed E-state index contributed by atoms with van der Waals surface area (Å²) >= 11 is 4.96. The molecular formula is C12H11BrN2O2S. The normalized spacial score (nSPS) is 11.5. The predicted molar refractivity (Wildman–Crippen MR) is 75.3 cm³/mol. The van der Waals surface area contributed by atoms with Crippen LogP contribution in [0.3, 0.4) is 0 Å². The van der Waals surface area contributed by atoms with Crippen molar-refractivity contribution in [2.24, 2.45) is 10.9 Å². The van der Waals surface area contributed by atoms with Crippen molar-refractivity contribution in [2.75, 3.05) is 0 Å². The Morgan fingerprint density at radius 3 is 2.94 bits per heavy atom. The van der Waals surface area contributed by atoms with Crippen LogP contribution in [-0.4, -0.2) is 11.0 Å². The monoisotopic (exact) mass is 326 g/mol. The zero-order valence-corrected chi connectivity index (χ0v) is 11.7. The Balaban J connectivity index is 2.21. The molecule has 0 aliphatic carbocycles. The molecule has 0 saturated carbocycles. The highest BCUT2D eigenvalue weighted by Gasteiger charge is 2.09. The van der Waals surface area contributed by atoms with Crippen molar-refractivity contribution in [2.45, 2.75) is 6.61 Å². The van der Waals surface area contributed by atoms with E-state index in [9.17, 15) is 0 Å². The number of nitrogens with zero attached hydrogens (tertiary/aromatic N) is 1. The first kappa shape index (κ1) is 12.9. The molecule has 0 spiro atoms. The van der Waals surface area contributed by atoms with Gasteiger partial charge in [-0.15, -0.1) is 11.3 Å². The number of amidine groups is 1. The van der Waals surface area contributed by atoms with E-state index in [1.165, 1.54) is 0 Å². The number of hydrogen-bond acceptors (Lipinski definition) is 4. The summed E-state index contributed by atoms with van der Waals surface area (Å²) in [4.78, 5) is 1.11. The molecule has 0 fully saturated rings. The van der Waals surface area contributed by atoms with Crippen molar-refractivity contribution in [1.29, 1.82) is 0 Å². The smallest absolute Gasteiger partial charge is 0.173 e. The van der Waals surface area contributed by atoms with E-state index in [-0.39, 0.29) is 5.84 Å². The van der Waals surface area contributed by atoms with Gasteiger partial charge in [-0.05, 0) is 29.6 Å². The first-order valence-electron chi connectivity index (χ1n) is 5.13. The van der Waals surface area contributed by atoms with Crippen molar-refractivity contribution in [3.63, 3.8) is 0 Å². The molecule has 1 aromatic heterocycles. The third-order valence-electron chi connectivity index (χ3n) is 2.28. The van der Waals surface area contributed by atoms with Crippen LogP contribution in [0.5, 0.6) is 5.75 Å². The summed E-state index contributed by atoms with van der Waals surface area (Å²) in [6.07, 6.45) is 0. The Bertz CT molecular complexity index is 555. The maximum absolute atomic E-state index is 8.75. The average Bonchev–Trinajstić information content (AvgIpc) is 2.89. The lowest BCUT2D eigenvalue weighted by Gasteiger charge is -2.10. The second-order valence-corrected chi connectivity index (χ2v) is 5.44. The van der Waals surface area contributed by atoms with Crippen LogP contribution in [0.1, 0.15) is 10.4 Å². The van der Waals surface area contributed by atoms with Crippen molar-refractivity contribution in [3.8, 4) is 5.75 Å². The van der Waals surface area contributed by atoms with E-state index in [2.05, 4.69) is 21.1 Å². The summed E-state index contributed by atoms with van der Waals surface area (Å²) in [5.41, 5.74) is 6.17. The largest absolute Gasteiger partial charge is 0.487 e. The predicted octanol–water partition coefficient (Wildman–Crippen LogP) is 3.18. The minimum Gasteiger partial charge on any atom is -0.487 e. The van der Waals surface area contributed by atoms with E-state index in [4.69, 9.17) is 15.7 Å². The van der Waals surface area contributed by atoms with Gasteiger partial charge in [0.1, 0.15) is 12.4 Å². The summed E-state index contributed by atoms with van der Waals surface area (Å²) in [5, 5.41) is 13.7. The van der Waals surface area contributed by atoms with Crippen molar-refractivity contribution in [1.82, 2.24) is 0 Å². The number of nitrogens with two attached hydrogens (primary N) is 1. The van der Waals surface area contributed by atoms with Crippen LogP contribution in [-0.2, 0) is 6.61 Å². The number of hydrogen-bond donors (Lipinski definition) is 2. The van der Waals surface area contributed by atoms with Gasteiger partial charge in [0.15, 0.2) is 5.84 Å². The molecule has 0 unspecified atom stereocenters. The summed E-state index contributed by atoms with van der Waals surface area (Å²) < 4.78 is 6.52. The van der Waals surface area contributed by atoms with E-state index in [1.807, 2.05) is 23.6 Å². The number of halogens is 1. The lowest BCUT2D eigenvalue weighted by molar-refractivity contribution is 0.306. The topological polar surface area (TPSA) is 67.8 Å². The number of thiophene rings is 1. The molecule has 0 saturated heterocycles. The van der Waals surface area contributed by atoms with E-state index < -0.39 is 0 Å². The van der Waals surface area contributed by atoms with Crippen LogP contribution in [0.4, 0.5) is 0 Å². The fraction of sp³-hybridized carbons (Fsp3) is 0.0833. The van der Waals surface area contributed by atoms with E-state index in [0.29, 0.717) is 17.9 Å². The third kappa shape index (κ3) is 3.02. The van der Waals surface area contributed by atoms with Gasteiger partial charge >= 0.3 is 0 Å². The molecule has 4 nitrogen and oxygen atoms in total. The SMILES string of the molecule is N/C(=N/O)c1cc(Br)ccc1OCc1cccs1. The van der Waals surface area contributed by atoms with Crippen LogP contribution in [0.2, 0.25) is 0 Å². The van der Waals surface area contributed by atoms with Crippen molar-refractivity contribution >= 4 is 33.1 Å². The molecule has 0 atom stereocenters. The molecule has 2 aromatic rings. The van der Waals surface area contributed by atoms with Gasteiger partial charge in [0.2, 0.25) is 0 Å². The van der Waals surface area contributed by atoms with E-state index in [0.717, 1.165) is 9.35 Å². The molecule has 18 heavy (non-hydrogen) atoms. The minimum atomic E-state index is 0.0254. The fourth-order valence-corrected chi connectivity index (χ4v) is 2.40. The number of rotatable bonds is 4. The third-order valence-corrected chi connectivity index (χ3v) is 3.62. The van der Waals surface area contributed by atoms with Crippen molar-refractivity contribution in [3.05, 3.63) is 50.6 Å². The minimum absolute atomic E-state index is 0.0254. The molecule has 0 aliphatic heterocycles. The van der Waals surface area contributed by atoms with E-state index >= 15 is 0 Å². The van der Waals surface area contributed by atoms with Gasteiger partial charge in [-0.3, -0.25) is 0 Å². The Kier molecular flexibility index (Phi) is 4.22. The highest BCUT2D eigenvalue weighted by atomic mass is 79.9. The maximum atomic E-state index is 8.75. The highest BCUT2D eigenvalue weighted by Crippen LogP contribution is 2.24. The molecule has 94 valence electrons. The van der Waals surface area contributed by atoms with Crippen LogP contribution in [0.25, 0.3) is 0 Å². The summed E-state index contributed by atoms with van der Waals surface area (Å²) in [6.45, 7) is 0.463. The van der Waals surface area contributed by atoms with Gasteiger partial charge in [-0.1, -0.05) is 27.2 Å². The van der Waals surface area contributed by atoms with Gasteiger partial charge in [0.25, 0.3) is 0 Å². The Labute approximate surface area is 117 Å². The molecule has 0 aliphatic rings. The summed E-state index contributed by atoms with van der Waals surface area (Å²) in [6, 6.07) is 9.34. The first-order valence-corrected chi connectivity index (χ1v) is 6.80. The van der Waals surface area contributed by atoms with Crippen LogP contribution < -0.4 is 10.5 Å². The molecule has 0 amide bonds. The molecule has 0 bridgehead atoms. The fourth-order valence-electron chi connectivity index (χ4n) is 1.43. The molecule has 0 radical (unpaired) electrons. The molecule has 1 aromatic carbocycles. The molecule has 2 rings (SSSR count). The van der Waals surface area contributed by atoms with Crippen molar-refractivity contribution < 1.29 is 9.94 Å². The number of benzene rings is 1. The van der Waals surface area contributed by atoms with Gasteiger partial charge in [0.05, 0.1) is 5.56 Å². The maximum Gasteiger partial charge on any atom is 0.173 e. The van der Waals surface area contributed by atoms with Gasteiger partial charge in [-0.2, -0.15) is 0 Å². The van der Waals surface area contributed by atoms with Gasteiger partial charge < -0.3 is 15.7 Å². The van der Waals surface area contributed by atoms with Gasteiger partial charge in [0, 0.05) is 9.35 Å². The van der Waals surface area contributed by atoms with Crippen LogP contribution in [0.15, 0.2) is 45.3 Å². The molecule has 3 N–H and O–H groups in total. The number of ether oxygens (including phenoxy) is 1. The standard InChI is InChI=1S/C12H11BrN2O2S/c13-8-3-4-11(10(6-8)12(14)15-16)17-7-9-2-1-5-18-9/h1-6,16H,7H2,(H2,14,15). The Hall–Kier alpha value is -1.53. The number of oxime groups is 1. The average molecular weight is 327 g/mol. The summed E-state index contributed by atoms with van der Waals surface area (Å²) in [5.74, 6) is 0.611. The zero-order valence-electron chi connectivity index (χ0n) is 9.34. The quantitative estimate of drug-likeness (QED) is 0.392. The second kappa shape index (κ2) is 5.88. The Morgan fingerprint density at radius 2 is 2.28 bits per heavy atom. The zero-order chi connectivity index (χ0) is 13.0. The lowest BCUT2D eigenvalue weighted by atomic mass is 10.2. The Morgan fingerprint density at radius 1 is 1.44 bits per heavy atom. The van der Waals surface area contributed by atoms with Crippen LogP contribution in [0, 0.1) is 0 Å². The lowest BCUT2D eigenvalue weighted by Crippen LogP contribution is -2.14. The van der Waals surface area contributed by atoms with E-state index in [1.54, 1.807) is 23.5 Å². The molecule has 6 heteroatoms. The molecular weight excluding hydrogens is 316 g/mol. The summed E-state index contributed by atoms with van der Waals surface area (Å²) in [7, 11) is 0. The van der Waals surface area contributed by atoms with Gasteiger partial charge in [-0.25, -0.2) is 0 Å². The first-order chi connectivity index (χ1) is 8.70.